The molecule has 0 unspecified atom stereocenters. The molecule has 1 atom stereocenters. The molecule has 2 aromatic heterocycles. The molecule has 7 heteroatoms. The molecule has 1 aliphatic rings. The number of tetrazole rings is 1. The van der Waals surface area contributed by atoms with E-state index < -0.39 is 0 Å². The van der Waals surface area contributed by atoms with Gasteiger partial charge in [0, 0.05) is 31.0 Å². The first-order chi connectivity index (χ1) is 10.2. The summed E-state index contributed by atoms with van der Waals surface area (Å²) < 4.78 is 5.66. The Bertz CT molecular complexity index is 619. The standard InChI is InChI=1S/C14H19N5O2/c1-3-11-7-9(2)12(21-11)14(20)19-6-4-5-10(8-19)13-15-17-18-16-13/h7,10H,3-6,8H2,1-2H3,(H,15,16,17,18)/t10-/m1/s1. The number of hydrogen-bond acceptors (Lipinski definition) is 5. The van der Waals surface area contributed by atoms with Crippen LogP contribution in [0.4, 0.5) is 0 Å². The third-order valence-electron chi connectivity index (χ3n) is 3.95. The molecular weight excluding hydrogens is 270 g/mol. The maximum atomic E-state index is 12.6. The molecule has 0 aromatic carbocycles. The number of likely N-dealkylation sites (tertiary alicyclic amines) is 1. The number of piperidine rings is 1. The second-order valence-corrected chi connectivity index (χ2v) is 5.44. The number of aromatic amines is 1. The van der Waals surface area contributed by atoms with Gasteiger partial charge in [-0.25, -0.2) is 0 Å². The number of furan rings is 1. The molecule has 2 aromatic rings. The van der Waals surface area contributed by atoms with Gasteiger partial charge in [-0.1, -0.05) is 12.1 Å². The lowest BCUT2D eigenvalue weighted by Gasteiger charge is -2.30. The highest BCUT2D eigenvalue weighted by Gasteiger charge is 2.30. The molecule has 0 spiro atoms. The number of carbonyl (C=O) groups excluding carboxylic acids is 1. The Morgan fingerprint density at radius 3 is 3.10 bits per heavy atom. The van der Waals surface area contributed by atoms with Crippen LogP contribution in [0.2, 0.25) is 0 Å². The van der Waals surface area contributed by atoms with E-state index >= 15 is 0 Å². The first-order valence-corrected chi connectivity index (χ1v) is 7.31. The summed E-state index contributed by atoms with van der Waals surface area (Å²) in [5.74, 6) is 2.09. The van der Waals surface area contributed by atoms with Crippen molar-refractivity contribution in [2.45, 2.75) is 39.0 Å². The van der Waals surface area contributed by atoms with Crippen LogP contribution in [0.15, 0.2) is 10.5 Å². The van der Waals surface area contributed by atoms with Gasteiger partial charge in [0.25, 0.3) is 5.91 Å². The maximum absolute atomic E-state index is 12.6. The number of nitrogens with zero attached hydrogens (tertiary/aromatic N) is 4. The molecule has 1 amide bonds. The summed E-state index contributed by atoms with van der Waals surface area (Å²) in [7, 11) is 0. The highest BCUT2D eigenvalue weighted by molar-refractivity contribution is 5.93. The van der Waals surface area contributed by atoms with Crippen LogP contribution < -0.4 is 0 Å². The minimum Gasteiger partial charge on any atom is -0.456 e. The van der Waals surface area contributed by atoms with E-state index in [1.165, 1.54) is 0 Å². The van der Waals surface area contributed by atoms with Gasteiger partial charge in [-0.05, 0) is 25.8 Å². The van der Waals surface area contributed by atoms with Crippen molar-refractivity contribution in [2.24, 2.45) is 0 Å². The number of nitrogens with one attached hydrogen (secondary N) is 1. The quantitative estimate of drug-likeness (QED) is 0.928. The van der Waals surface area contributed by atoms with E-state index in [0.29, 0.717) is 18.1 Å². The van der Waals surface area contributed by atoms with Gasteiger partial charge in [0.2, 0.25) is 0 Å². The van der Waals surface area contributed by atoms with E-state index in [2.05, 4.69) is 20.6 Å². The molecule has 0 bridgehead atoms. The fraction of sp³-hybridized carbons (Fsp3) is 0.571. The molecule has 1 N–H and O–H groups in total. The van der Waals surface area contributed by atoms with Crippen LogP contribution >= 0.6 is 0 Å². The molecule has 0 radical (unpaired) electrons. The van der Waals surface area contributed by atoms with Crippen LogP contribution in [0.25, 0.3) is 0 Å². The van der Waals surface area contributed by atoms with E-state index in [4.69, 9.17) is 4.42 Å². The van der Waals surface area contributed by atoms with Gasteiger partial charge in [0.1, 0.15) is 5.76 Å². The summed E-state index contributed by atoms with van der Waals surface area (Å²) in [6, 6.07) is 1.94. The molecule has 1 fully saturated rings. The van der Waals surface area contributed by atoms with Crippen LogP contribution in [-0.2, 0) is 6.42 Å². The fourth-order valence-corrected chi connectivity index (χ4v) is 2.79. The summed E-state index contributed by atoms with van der Waals surface area (Å²) in [6.07, 6.45) is 2.70. The lowest BCUT2D eigenvalue weighted by molar-refractivity contribution is 0.0669. The average molecular weight is 289 g/mol. The number of aromatic nitrogens is 4. The second-order valence-electron chi connectivity index (χ2n) is 5.44. The van der Waals surface area contributed by atoms with Crippen molar-refractivity contribution in [1.82, 2.24) is 25.5 Å². The van der Waals surface area contributed by atoms with Gasteiger partial charge in [-0.15, -0.1) is 10.2 Å². The summed E-state index contributed by atoms with van der Waals surface area (Å²) in [5.41, 5.74) is 0.901. The molecule has 3 heterocycles. The number of rotatable bonds is 3. The van der Waals surface area contributed by atoms with Crippen molar-refractivity contribution in [3.63, 3.8) is 0 Å². The lowest BCUT2D eigenvalue weighted by atomic mass is 9.97. The van der Waals surface area contributed by atoms with E-state index in [1.807, 2.05) is 24.8 Å². The van der Waals surface area contributed by atoms with Crippen molar-refractivity contribution >= 4 is 5.91 Å². The zero-order valence-corrected chi connectivity index (χ0v) is 12.3. The molecule has 112 valence electrons. The average Bonchev–Trinajstić information content (AvgIpc) is 3.16. The Morgan fingerprint density at radius 1 is 1.57 bits per heavy atom. The first-order valence-electron chi connectivity index (χ1n) is 7.31. The van der Waals surface area contributed by atoms with Gasteiger partial charge < -0.3 is 9.32 Å². The van der Waals surface area contributed by atoms with Gasteiger partial charge in [-0.2, -0.15) is 5.21 Å². The Balaban J connectivity index is 1.76. The molecule has 21 heavy (non-hydrogen) atoms. The molecule has 3 rings (SSSR count). The number of H-pyrrole nitrogens is 1. The summed E-state index contributed by atoms with van der Waals surface area (Å²) in [5, 5.41) is 14.1. The largest absolute Gasteiger partial charge is 0.456 e. The van der Waals surface area contributed by atoms with Crippen LogP contribution in [0.1, 0.15) is 53.4 Å². The summed E-state index contributed by atoms with van der Waals surface area (Å²) in [4.78, 5) is 14.5. The molecule has 1 aliphatic heterocycles. The molecule has 7 nitrogen and oxygen atoms in total. The normalized spacial score (nSPS) is 19.0. The highest BCUT2D eigenvalue weighted by Crippen LogP contribution is 2.26. The Kier molecular flexibility index (Phi) is 3.72. The van der Waals surface area contributed by atoms with Crippen LogP contribution in [-0.4, -0.2) is 44.5 Å². The maximum Gasteiger partial charge on any atom is 0.289 e. The van der Waals surface area contributed by atoms with Crippen LogP contribution in [0.5, 0.6) is 0 Å². The third kappa shape index (κ3) is 2.68. The molecular formula is C14H19N5O2. The van der Waals surface area contributed by atoms with E-state index in [1.54, 1.807) is 0 Å². The first kappa shape index (κ1) is 13.8. The number of aryl methyl sites for hydroxylation is 2. The SMILES string of the molecule is CCc1cc(C)c(C(=O)N2CCC[C@@H](c3nn[nH]n3)C2)o1. The Hall–Kier alpha value is -2.18. The van der Waals surface area contributed by atoms with Gasteiger partial charge >= 0.3 is 0 Å². The van der Waals surface area contributed by atoms with E-state index in [9.17, 15) is 4.79 Å². The van der Waals surface area contributed by atoms with Crippen molar-refractivity contribution in [1.29, 1.82) is 0 Å². The predicted octanol–water partition coefficient (Wildman–Crippen LogP) is 1.68. The van der Waals surface area contributed by atoms with E-state index in [-0.39, 0.29) is 11.8 Å². The molecule has 0 aliphatic carbocycles. The van der Waals surface area contributed by atoms with Crippen LogP contribution in [0, 0.1) is 6.92 Å². The lowest BCUT2D eigenvalue weighted by Crippen LogP contribution is -2.39. The van der Waals surface area contributed by atoms with Gasteiger partial charge in [-0.3, -0.25) is 4.79 Å². The van der Waals surface area contributed by atoms with Crippen LogP contribution in [0.3, 0.4) is 0 Å². The van der Waals surface area contributed by atoms with Crippen molar-refractivity contribution in [3.05, 3.63) is 29.0 Å². The summed E-state index contributed by atoms with van der Waals surface area (Å²) >= 11 is 0. The number of carbonyl (C=O) groups is 1. The smallest absolute Gasteiger partial charge is 0.289 e. The predicted molar refractivity (Wildman–Crippen MR) is 74.9 cm³/mol. The third-order valence-corrected chi connectivity index (χ3v) is 3.95. The Labute approximate surface area is 122 Å². The van der Waals surface area contributed by atoms with Gasteiger partial charge in [0.15, 0.2) is 11.6 Å². The van der Waals surface area contributed by atoms with Gasteiger partial charge in [0.05, 0.1) is 0 Å². The van der Waals surface area contributed by atoms with Crippen molar-refractivity contribution < 1.29 is 9.21 Å². The zero-order chi connectivity index (χ0) is 14.8. The molecule has 1 saturated heterocycles. The fourth-order valence-electron chi connectivity index (χ4n) is 2.79. The topological polar surface area (TPSA) is 87.9 Å². The monoisotopic (exact) mass is 289 g/mol. The number of amides is 1. The highest BCUT2D eigenvalue weighted by atomic mass is 16.4. The second kappa shape index (κ2) is 5.67. The Morgan fingerprint density at radius 2 is 2.43 bits per heavy atom. The minimum absolute atomic E-state index is 0.0413. The zero-order valence-electron chi connectivity index (χ0n) is 12.3. The van der Waals surface area contributed by atoms with Crippen molar-refractivity contribution in [2.75, 3.05) is 13.1 Å². The summed E-state index contributed by atoms with van der Waals surface area (Å²) in [6.45, 7) is 5.28. The van der Waals surface area contributed by atoms with E-state index in [0.717, 1.165) is 37.1 Å². The minimum atomic E-state index is -0.0413. The molecule has 0 saturated carbocycles. The number of hydrogen-bond donors (Lipinski definition) is 1. The van der Waals surface area contributed by atoms with Crippen molar-refractivity contribution in [3.8, 4) is 0 Å².